The second kappa shape index (κ2) is 7.75. The molecule has 1 aliphatic carbocycles. The zero-order valence-corrected chi connectivity index (χ0v) is 15.5. The monoisotopic (exact) mass is 345 g/mol. The molecule has 1 saturated carbocycles. The van der Waals surface area contributed by atoms with E-state index in [-0.39, 0.29) is 17.4 Å². The van der Waals surface area contributed by atoms with E-state index < -0.39 is 0 Å². The summed E-state index contributed by atoms with van der Waals surface area (Å²) in [4.78, 5) is 17.4. The molecule has 1 heterocycles. The third kappa shape index (κ3) is 4.15. The molecule has 2 atom stereocenters. The minimum atomic E-state index is -0.343. The van der Waals surface area contributed by atoms with E-state index in [1.54, 1.807) is 7.11 Å². The van der Waals surface area contributed by atoms with Gasteiger partial charge in [-0.2, -0.15) is 0 Å². The Morgan fingerprint density at radius 1 is 1.24 bits per heavy atom. The smallest absolute Gasteiger partial charge is 0.227 e. The Morgan fingerprint density at radius 2 is 1.96 bits per heavy atom. The van der Waals surface area contributed by atoms with E-state index in [9.17, 15) is 4.79 Å². The molecule has 2 aliphatic rings. The lowest BCUT2D eigenvalue weighted by molar-refractivity contribution is -0.140. The number of hydrogen-bond acceptors (Lipinski definition) is 4. The van der Waals surface area contributed by atoms with Gasteiger partial charge in [-0.05, 0) is 25.8 Å². The third-order valence-corrected chi connectivity index (χ3v) is 5.82. The number of rotatable bonds is 4. The Hall–Kier alpha value is -1.59. The molecule has 1 amide bonds. The normalized spacial score (nSPS) is 28.0. The molecular weight excluding hydrogens is 314 g/mol. The summed E-state index contributed by atoms with van der Waals surface area (Å²) in [5, 5.41) is 0. The van der Waals surface area contributed by atoms with Gasteiger partial charge in [0.1, 0.15) is 5.75 Å². The molecule has 3 rings (SSSR count). The van der Waals surface area contributed by atoms with E-state index in [0.717, 1.165) is 64.2 Å². The molecule has 0 spiro atoms. The molecule has 5 nitrogen and oxygen atoms in total. The number of carbonyl (C=O) groups is 1. The molecule has 5 heteroatoms. The van der Waals surface area contributed by atoms with Crippen LogP contribution in [0, 0.1) is 5.92 Å². The number of nitrogens with zero attached hydrogens (tertiary/aromatic N) is 2. The fourth-order valence-electron chi connectivity index (χ4n) is 4.19. The molecule has 0 aromatic heterocycles. The van der Waals surface area contributed by atoms with Crippen molar-refractivity contribution in [2.24, 2.45) is 11.7 Å². The first-order valence-electron chi connectivity index (χ1n) is 9.43. The first-order chi connectivity index (χ1) is 12.0. The lowest BCUT2D eigenvalue weighted by Crippen LogP contribution is -2.57. The van der Waals surface area contributed by atoms with Gasteiger partial charge in [-0.3, -0.25) is 9.69 Å². The maximum Gasteiger partial charge on any atom is 0.227 e. The fourth-order valence-corrected chi connectivity index (χ4v) is 4.19. The molecular formula is C20H31N3O2. The van der Waals surface area contributed by atoms with Crippen molar-refractivity contribution < 1.29 is 9.53 Å². The van der Waals surface area contributed by atoms with Crippen LogP contribution in [0.15, 0.2) is 24.3 Å². The number of piperazine rings is 1. The summed E-state index contributed by atoms with van der Waals surface area (Å²) in [5.41, 5.74) is 7.28. The van der Waals surface area contributed by atoms with E-state index in [1.165, 1.54) is 5.56 Å². The van der Waals surface area contributed by atoms with Crippen LogP contribution < -0.4 is 10.5 Å². The van der Waals surface area contributed by atoms with Gasteiger partial charge in [0, 0.05) is 43.8 Å². The molecule has 25 heavy (non-hydrogen) atoms. The Morgan fingerprint density at radius 3 is 2.64 bits per heavy atom. The highest BCUT2D eigenvalue weighted by Gasteiger charge is 2.40. The molecule has 0 bridgehead atoms. The minimum Gasteiger partial charge on any atom is -0.496 e. The SMILES string of the molecule is COc1ccccc1CN1CCN(C(=O)C2CCCCC2(C)N)CC1. The van der Waals surface area contributed by atoms with Crippen LogP contribution in [0.3, 0.4) is 0 Å². The average molecular weight is 345 g/mol. The Labute approximate surface area is 151 Å². The lowest BCUT2D eigenvalue weighted by atomic mass is 9.74. The topological polar surface area (TPSA) is 58.8 Å². The van der Waals surface area contributed by atoms with Crippen LogP contribution >= 0.6 is 0 Å². The molecule has 2 N–H and O–H groups in total. The number of nitrogens with two attached hydrogens (primary N) is 1. The quantitative estimate of drug-likeness (QED) is 0.909. The highest BCUT2D eigenvalue weighted by atomic mass is 16.5. The zero-order valence-electron chi connectivity index (χ0n) is 15.5. The summed E-state index contributed by atoms with van der Waals surface area (Å²) in [7, 11) is 1.71. The molecule has 2 unspecified atom stereocenters. The molecule has 138 valence electrons. The van der Waals surface area contributed by atoms with Crippen LogP contribution in [0.2, 0.25) is 0 Å². The molecule has 1 saturated heterocycles. The number of ether oxygens (including phenoxy) is 1. The van der Waals surface area contributed by atoms with E-state index in [0.29, 0.717) is 0 Å². The van der Waals surface area contributed by atoms with E-state index in [2.05, 4.69) is 11.0 Å². The van der Waals surface area contributed by atoms with Crippen LogP contribution in [0.25, 0.3) is 0 Å². The highest BCUT2D eigenvalue weighted by molar-refractivity contribution is 5.80. The van der Waals surface area contributed by atoms with Gasteiger partial charge >= 0.3 is 0 Å². The summed E-state index contributed by atoms with van der Waals surface area (Å²) in [6.07, 6.45) is 4.16. The molecule has 1 aromatic rings. The van der Waals surface area contributed by atoms with E-state index >= 15 is 0 Å². The standard InChI is InChI=1S/C20H31N3O2/c1-20(21)10-6-5-8-17(20)19(24)23-13-11-22(12-14-23)15-16-7-3-4-9-18(16)25-2/h3-4,7,9,17H,5-6,8,10-15,21H2,1-2H3. The Bertz CT molecular complexity index is 594. The minimum absolute atomic E-state index is 0.0120. The van der Waals surface area contributed by atoms with Gasteiger partial charge in [-0.25, -0.2) is 0 Å². The highest BCUT2D eigenvalue weighted by Crippen LogP contribution is 2.33. The number of hydrogen-bond donors (Lipinski definition) is 1. The number of methoxy groups -OCH3 is 1. The van der Waals surface area contributed by atoms with E-state index in [4.69, 9.17) is 10.5 Å². The first kappa shape index (κ1) is 18.2. The Balaban J connectivity index is 1.55. The molecule has 2 fully saturated rings. The molecule has 0 radical (unpaired) electrons. The maximum absolute atomic E-state index is 12.9. The van der Waals surface area contributed by atoms with Gasteiger partial charge in [0.25, 0.3) is 0 Å². The summed E-state index contributed by atoms with van der Waals surface area (Å²) >= 11 is 0. The predicted molar refractivity (Wildman–Crippen MR) is 99.4 cm³/mol. The maximum atomic E-state index is 12.9. The summed E-state index contributed by atoms with van der Waals surface area (Å²) in [6.45, 7) is 6.30. The largest absolute Gasteiger partial charge is 0.496 e. The van der Waals surface area contributed by atoms with Crippen molar-refractivity contribution in [3.63, 3.8) is 0 Å². The zero-order chi connectivity index (χ0) is 17.9. The second-order valence-corrected chi connectivity index (χ2v) is 7.72. The molecule has 1 aromatic carbocycles. The van der Waals surface area contributed by atoms with Gasteiger partial charge in [-0.1, -0.05) is 31.0 Å². The fraction of sp³-hybridized carbons (Fsp3) is 0.650. The first-order valence-corrected chi connectivity index (χ1v) is 9.43. The van der Waals surface area contributed by atoms with Crippen molar-refractivity contribution in [2.45, 2.75) is 44.7 Å². The van der Waals surface area contributed by atoms with Crippen LogP contribution in [-0.2, 0) is 11.3 Å². The van der Waals surface area contributed by atoms with Gasteiger partial charge in [0.15, 0.2) is 0 Å². The third-order valence-electron chi connectivity index (χ3n) is 5.82. The van der Waals surface area contributed by atoms with Crippen LogP contribution in [-0.4, -0.2) is 54.5 Å². The summed E-state index contributed by atoms with van der Waals surface area (Å²) < 4.78 is 5.44. The number of benzene rings is 1. The lowest BCUT2D eigenvalue weighted by Gasteiger charge is -2.42. The summed E-state index contributed by atoms with van der Waals surface area (Å²) in [6, 6.07) is 8.15. The van der Waals surface area contributed by atoms with Crippen molar-refractivity contribution in [1.82, 2.24) is 9.80 Å². The number of para-hydroxylation sites is 1. The van der Waals surface area contributed by atoms with E-state index in [1.807, 2.05) is 30.0 Å². The van der Waals surface area contributed by atoms with Crippen molar-refractivity contribution in [1.29, 1.82) is 0 Å². The number of amides is 1. The summed E-state index contributed by atoms with van der Waals surface area (Å²) in [5.74, 6) is 1.19. The van der Waals surface area contributed by atoms with Gasteiger partial charge in [0.05, 0.1) is 13.0 Å². The van der Waals surface area contributed by atoms with Gasteiger partial charge in [0.2, 0.25) is 5.91 Å². The van der Waals surface area contributed by atoms with Crippen molar-refractivity contribution in [3.8, 4) is 5.75 Å². The van der Waals surface area contributed by atoms with Crippen LogP contribution in [0.1, 0.15) is 38.2 Å². The molecule has 1 aliphatic heterocycles. The number of carbonyl (C=O) groups excluding carboxylic acids is 1. The predicted octanol–water partition coefficient (Wildman–Crippen LogP) is 2.25. The van der Waals surface area contributed by atoms with Crippen molar-refractivity contribution in [3.05, 3.63) is 29.8 Å². The Kier molecular flexibility index (Phi) is 5.64. The second-order valence-electron chi connectivity index (χ2n) is 7.72. The van der Waals surface area contributed by atoms with Crippen molar-refractivity contribution >= 4 is 5.91 Å². The van der Waals surface area contributed by atoms with Crippen LogP contribution in [0.4, 0.5) is 0 Å². The van der Waals surface area contributed by atoms with Crippen molar-refractivity contribution in [2.75, 3.05) is 33.3 Å². The average Bonchev–Trinajstić information content (AvgIpc) is 2.62. The van der Waals surface area contributed by atoms with Crippen LogP contribution in [0.5, 0.6) is 5.75 Å². The van der Waals surface area contributed by atoms with Gasteiger partial charge < -0.3 is 15.4 Å². The van der Waals surface area contributed by atoms with Gasteiger partial charge in [-0.15, -0.1) is 0 Å².